The maximum atomic E-state index is 6.34. The van der Waals surface area contributed by atoms with Crippen molar-refractivity contribution in [2.24, 2.45) is 5.92 Å². The van der Waals surface area contributed by atoms with E-state index in [9.17, 15) is 0 Å². The van der Waals surface area contributed by atoms with Gasteiger partial charge in [0.1, 0.15) is 0 Å². The fourth-order valence-corrected chi connectivity index (χ4v) is 3.71. The molecule has 110 valence electrons. The summed E-state index contributed by atoms with van der Waals surface area (Å²) in [6, 6.07) is 6.40. The van der Waals surface area contributed by atoms with E-state index in [2.05, 4.69) is 24.1 Å². The van der Waals surface area contributed by atoms with E-state index in [1.54, 1.807) is 0 Å². The third kappa shape index (κ3) is 3.14. The molecule has 20 heavy (non-hydrogen) atoms. The summed E-state index contributed by atoms with van der Waals surface area (Å²) in [5.74, 6) is 0.847. The van der Waals surface area contributed by atoms with Gasteiger partial charge in [0, 0.05) is 46.8 Å². The lowest BCUT2D eigenvalue weighted by atomic mass is 9.96. The normalized spacial score (nSPS) is 26.7. The van der Waals surface area contributed by atoms with Gasteiger partial charge in [-0.1, -0.05) is 29.3 Å². The molecule has 0 radical (unpaired) electrons. The van der Waals surface area contributed by atoms with Crippen LogP contribution in [0.2, 0.25) is 10.0 Å². The van der Waals surface area contributed by atoms with Gasteiger partial charge >= 0.3 is 0 Å². The van der Waals surface area contributed by atoms with Gasteiger partial charge in [0.25, 0.3) is 0 Å². The van der Waals surface area contributed by atoms with E-state index in [-0.39, 0.29) is 5.54 Å². The molecule has 0 spiro atoms. The van der Waals surface area contributed by atoms with Gasteiger partial charge in [-0.25, -0.2) is 0 Å². The van der Waals surface area contributed by atoms with Crippen LogP contribution >= 0.6 is 23.2 Å². The number of nitrogens with one attached hydrogen (secondary N) is 1. The Kier molecular flexibility index (Phi) is 4.02. The topological polar surface area (TPSA) is 15.3 Å². The summed E-state index contributed by atoms with van der Waals surface area (Å²) in [5.41, 5.74) is 1.22. The Labute approximate surface area is 131 Å². The third-order valence-corrected chi connectivity index (χ3v) is 5.15. The van der Waals surface area contributed by atoms with Crippen LogP contribution in [0.4, 0.5) is 0 Å². The molecule has 4 heteroatoms. The third-order valence-electron chi connectivity index (χ3n) is 4.45. The number of piperazine rings is 1. The number of rotatable bonds is 3. The minimum Gasteiger partial charge on any atom is -0.309 e. The standard InChI is InChI=1S/C16H22Cl2N2/c1-16(2)10-20(15(8-19-16)11-6-7-11)9-12-13(17)4-3-5-14(12)18/h3-5,11,15,19H,6-10H2,1-2H3. The Balaban J connectivity index is 1.82. The first kappa shape index (κ1) is 14.6. The molecule has 2 aliphatic rings. The van der Waals surface area contributed by atoms with Crippen LogP contribution in [0.15, 0.2) is 18.2 Å². The zero-order valence-electron chi connectivity index (χ0n) is 12.1. The molecule has 0 bridgehead atoms. The molecule has 1 aliphatic heterocycles. The fraction of sp³-hybridized carbons (Fsp3) is 0.625. The lowest BCUT2D eigenvalue weighted by Crippen LogP contribution is -2.61. The van der Waals surface area contributed by atoms with Crippen molar-refractivity contribution in [1.29, 1.82) is 0 Å². The minimum atomic E-state index is 0.152. The summed E-state index contributed by atoms with van der Waals surface area (Å²) in [4.78, 5) is 2.57. The summed E-state index contributed by atoms with van der Waals surface area (Å²) in [6.45, 7) is 7.48. The Hall–Kier alpha value is -0.280. The highest BCUT2D eigenvalue weighted by atomic mass is 35.5. The average Bonchev–Trinajstić information content (AvgIpc) is 3.17. The van der Waals surface area contributed by atoms with Gasteiger partial charge < -0.3 is 5.32 Å². The van der Waals surface area contributed by atoms with Crippen molar-refractivity contribution >= 4 is 23.2 Å². The second-order valence-electron chi connectivity index (χ2n) is 6.77. The number of hydrogen-bond donors (Lipinski definition) is 1. The minimum absolute atomic E-state index is 0.152. The van der Waals surface area contributed by atoms with Crippen molar-refractivity contribution in [1.82, 2.24) is 10.2 Å². The van der Waals surface area contributed by atoms with Crippen molar-refractivity contribution in [3.05, 3.63) is 33.8 Å². The molecule has 2 nitrogen and oxygen atoms in total. The average molecular weight is 313 g/mol. The quantitative estimate of drug-likeness (QED) is 0.909. The van der Waals surface area contributed by atoms with Crippen molar-refractivity contribution in [2.45, 2.75) is 44.8 Å². The highest BCUT2D eigenvalue weighted by Crippen LogP contribution is 2.38. The first-order valence-corrected chi connectivity index (χ1v) is 8.14. The van der Waals surface area contributed by atoms with Crippen LogP contribution in [0.5, 0.6) is 0 Å². The summed E-state index contributed by atoms with van der Waals surface area (Å²) in [5, 5.41) is 5.23. The lowest BCUT2D eigenvalue weighted by molar-refractivity contribution is 0.0760. The number of halogens is 2. The molecule has 1 atom stereocenters. The predicted octanol–water partition coefficient (Wildman–Crippen LogP) is 3.96. The number of benzene rings is 1. The molecular weight excluding hydrogens is 291 g/mol. The molecule has 0 amide bonds. The van der Waals surface area contributed by atoms with Crippen molar-refractivity contribution in [2.75, 3.05) is 13.1 Å². The molecule has 1 aromatic carbocycles. The molecule has 3 rings (SSSR count). The van der Waals surface area contributed by atoms with E-state index in [0.717, 1.165) is 41.2 Å². The maximum absolute atomic E-state index is 6.34. The first-order valence-electron chi connectivity index (χ1n) is 7.38. The summed E-state index contributed by atoms with van der Waals surface area (Å²) >= 11 is 12.7. The Morgan fingerprint density at radius 1 is 1.25 bits per heavy atom. The Morgan fingerprint density at radius 2 is 1.90 bits per heavy atom. The van der Waals surface area contributed by atoms with Crippen LogP contribution in [0, 0.1) is 5.92 Å². The van der Waals surface area contributed by atoms with Crippen molar-refractivity contribution in [3.8, 4) is 0 Å². The summed E-state index contributed by atoms with van der Waals surface area (Å²) < 4.78 is 0. The van der Waals surface area contributed by atoms with E-state index in [4.69, 9.17) is 23.2 Å². The van der Waals surface area contributed by atoms with E-state index in [1.165, 1.54) is 12.8 Å². The molecule has 2 fully saturated rings. The Bertz CT molecular complexity index is 477. The van der Waals surface area contributed by atoms with E-state index in [1.807, 2.05) is 18.2 Å². The highest BCUT2D eigenvalue weighted by Gasteiger charge is 2.41. The molecule has 1 saturated carbocycles. The van der Waals surface area contributed by atoms with Crippen LogP contribution in [-0.2, 0) is 6.54 Å². The SMILES string of the molecule is CC1(C)CN(Cc2c(Cl)cccc2Cl)C(C2CC2)CN1. The second-order valence-corrected chi connectivity index (χ2v) is 7.59. The molecule has 1 N–H and O–H groups in total. The zero-order chi connectivity index (χ0) is 14.3. The monoisotopic (exact) mass is 312 g/mol. The molecule has 1 saturated heterocycles. The van der Waals surface area contributed by atoms with Crippen LogP contribution < -0.4 is 5.32 Å². The van der Waals surface area contributed by atoms with Crippen molar-refractivity contribution < 1.29 is 0 Å². The molecule has 1 unspecified atom stereocenters. The molecule has 1 aliphatic carbocycles. The van der Waals surface area contributed by atoms with E-state index >= 15 is 0 Å². The smallest absolute Gasteiger partial charge is 0.0465 e. The van der Waals surface area contributed by atoms with Crippen LogP contribution in [-0.4, -0.2) is 29.6 Å². The number of hydrogen-bond acceptors (Lipinski definition) is 2. The van der Waals surface area contributed by atoms with Gasteiger partial charge in [-0.15, -0.1) is 0 Å². The highest BCUT2D eigenvalue weighted by molar-refractivity contribution is 6.35. The fourth-order valence-electron chi connectivity index (χ4n) is 3.20. The van der Waals surface area contributed by atoms with Crippen LogP contribution in [0.25, 0.3) is 0 Å². The van der Waals surface area contributed by atoms with Crippen LogP contribution in [0.1, 0.15) is 32.3 Å². The first-order chi connectivity index (χ1) is 9.46. The van der Waals surface area contributed by atoms with Crippen molar-refractivity contribution in [3.63, 3.8) is 0 Å². The van der Waals surface area contributed by atoms with E-state index < -0.39 is 0 Å². The molecule has 1 heterocycles. The lowest BCUT2D eigenvalue weighted by Gasteiger charge is -2.45. The van der Waals surface area contributed by atoms with Crippen LogP contribution in [0.3, 0.4) is 0 Å². The van der Waals surface area contributed by atoms with Gasteiger partial charge in [0.05, 0.1) is 0 Å². The Morgan fingerprint density at radius 3 is 2.50 bits per heavy atom. The molecule has 0 aromatic heterocycles. The van der Waals surface area contributed by atoms with Gasteiger partial charge in [0.2, 0.25) is 0 Å². The van der Waals surface area contributed by atoms with Gasteiger partial charge in [-0.2, -0.15) is 0 Å². The second kappa shape index (κ2) is 5.49. The largest absolute Gasteiger partial charge is 0.309 e. The van der Waals surface area contributed by atoms with E-state index in [0.29, 0.717) is 6.04 Å². The molecule has 1 aromatic rings. The van der Waals surface area contributed by atoms with Gasteiger partial charge in [-0.05, 0) is 44.7 Å². The summed E-state index contributed by atoms with van der Waals surface area (Å²) in [7, 11) is 0. The zero-order valence-corrected chi connectivity index (χ0v) is 13.6. The summed E-state index contributed by atoms with van der Waals surface area (Å²) in [6.07, 6.45) is 2.72. The molecular formula is C16H22Cl2N2. The number of nitrogens with zero attached hydrogens (tertiary/aromatic N) is 1. The maximum Gasteiger partial charge on any atom is 0.0465 e. The van der Waals surface area contributed by atoms with Gasteiger partial charge in [-0.3, -0.25) is 4.90 Å². The predicted molar refractivity (Wildman–Crippen MR) is 85.5 cm³/mol. The van der Waals surface area contributed by atoms with Gasteiger partial charge in [0.15, 0.2) is 0 Å².